The molecule has 0 aliphatic heterocycles. The number of aryl methyl sites for hydroxylation is 2. The molecule has 0 bridgehead atoms. The Morgan fingerprint density at radius 1 is 1.07 bits per heavy atom. The van der Waals surface area contributed by atoms with Crippen LogP contribution in [0.3, 0.4) is 0 Å². The molecule has 0 saturated carbocycles. The molecular weight excluding hydrogens is 356 g/mol. The van der Waals surface area contributed by atoms with Gasteiger partial charge in [-0.05, 0) is 38.5 Å². The Bertz CT molecular complexity index is 774. The third-order valence-electron chi connectivity index (χ3n) is 4.45. The van der Waals surface area contributed by atoms with Crippen molar-refractivity contribution in [2.24, 2.45) is 0 Å². The summed E-state index contributed by atoms with van der Waals surface area (Å²) in [6, 6.07) is 15.8. The van der Waals surface area contributed by atoms with Crippen molar-refractivity contribution in [3.8, 4) is 0 Å². The van der Waals surface area contributed by atoms with Crippen molar-refractivity contribution >= 4 is 23.6 Å². The summed E-state index contributed by atoms with van der Waals surface area (Å²) in [6.45, 7) is 6.29. The minimum atomic E-state index is -0.507. The second-order valence-corrected chi connectivity index (χ2v) is 7.88. The van der Waals surface area contributed by atoms with Crippen LogP contribution in [0.2, 0.25) is 0 Å². The van der Waals surface area contributed by atoms with E-state index in [0.717, 1.165) is 16.0 Å². The fraction of sp³-hybridized carbons (Fsp3) is 0.364. The van der Waals surface area contributed by atoms with Crippen LogP contribution in [0, 0.1) is 13.8 Å². The molecule has 0 aliphatic carbocycles. The van der Waals surface area contributed by atoms with Crippen LogP contribution in [-0.2, 0) is 16.1 Å². The highest BCUT2D eigenvalue weighted by molar-refractivity contribution is 7.99. The molecule has 0 saturated heterocycles. The van der Waals surface area contributed by atoms with Gasteiger partial charge in [-0.1, -0.05) is 47.5 Å². The Kier molecular flexibility index (Phi) is 7.92. The van der Waals surface area contributed by atoms with Gasteiger partial charge in [-0.3, -0.25) is 9.59 Å². The zero-order valence-corrected chi connectivity index (χ0v) is 17.3. The van der Waals surface area contributed by atoms with E-state index in [-0.39, 0.29) is 11.8 Å². The molecule has 1 atom stereocenters. The number of amides is 2. The summed E-state index contributed by atoms with van der Waals surface area (Å²) >= 11 is 1.66. The van der Waals surface area contributed by atoms with Crippen LogP contribution in [0.5, 0.6) is 0 Å². The van der Waals surface area contributed by atoms with Gasteiger partial charge in [0.25, 0.3) is 0 Å². The molecule has 0 radical (unpaired) electrons. The maximum Gasteiger partial charge on any atom is 0.242 e. The normalized spacial score (nSPS) is 11.7. The van der Waals surface area contributed by atoms with Crippen molar-refractivity contribution in [3.05, 3.63) is 65.2 Å². The molecular formula is C22H28N2O2S. The summed E-state index contributed by atoms with van der Waals surface area (Å²) in [4.78, 5) is 27.8. The third-order valence-corrected chi connectivity index (χ3v) is 5.47. The predicted molar refractivity (Wildman–Crippen MR) is 112 cm³/mol. The van der Waals surface area contributed by atoms with Crippen LogP contribution < -0.4 is 5.32 Å². The molecule has 0 fully saturated rings. The monoisotopic (exact) mass is 384 g/mol. The molecule has 2 amide bonds. The van der Waals surface area contributed by atoms with Gasteiger partial charge in [-0.2, -0.15) is 0 Å². The maximum absolute atomic E-state index is 12.9. The smallest absolute Gasteiger partial charge is 0.242 e. The van der Waals surface area contributed by atoms with Gasteiger partial charge in [0.2, 0.25) is 11.8 Å². The van der Waals surface area contributed by atoms with Crippen LogP contribution in [0.4, 0.5) is 0 Å². The number of carbonyl (C=O) groups excluding carboxylic acids is 2. The topological polar surface area (TPSA) is 49.4 Å². The van der Waals surface area contributed by atoms with Crippen molar-refractivity contribution < 1.29 is 9.59 Å². The van der Waals surface area contributed by atoms with E-state index < -0.39 is 6.04 Å². The molecule has 0 aliphatic rings. The van der Waals surface area contributed by atoms with Gasteiger partial charge in [-0.25, -0.2) is 0 Å². The van der Waals surface area contributed by atoms with Gasteiger partial charge in [0.15, 0.2) is 0 Å². The van der Waals surface area contributed by atoms with Gasteiger partial charge >= 0.3 is 0 Å². The Balaban J connectivity index is 2.03. The van der Waals surface area contributed by atoms with Gasteiger partial charge in [-0.15, -0.1) is 11.8 Å². The molecule has 4 nitrogen and oxygen atoms in total. The molecule has 0 aromatic heterocycles. The SMILES string of the molecule is CNC(=O)[C@H](C)N(Cc1cccc(C)c1)C(=O)CCSc1ccc(C)cc1. The summed E-state index contributed by atoms with van der Waals surface area (Å²) in [5.74, 6) is 0.529. The number of carbonyl (C=O) groups is 2. The van der Waals surface area contributed by atoms with E-state index >= 15 is 0 Å². The van der Waals surface area contributed by atoms with Crippen molar-refractivity contribution in [3.63, 3.8) is 0 Å². The second-order valence-electron chi connectivity index (χ2n) is 6.71. The highest BCUT2D eigenvalue weighted by Crippen LogP contribution is 2.20. The lowest BCUT2D eigenvalue weighted by atomic mass is 10.1. The van der Waals surface area contributed by atoms with Crippen LogP contribution in [0.1, 0.15) is 30.0 Å². The average molecular weight is 385 g/mol. The Morgan fingerprint density at radius 3 is 2.41 bits per heavy atom. The minimum Gasteiger partial charge on any atom is -0.357 e. The first-order valence-electron chi connectivity index (χ1n) is 9.16. The van der Waals surface area contributed by atoms with Crippen LogP contribution in [0.25, 0.3) is 0 Å². The highest BCUT2D eigenvalue weighted by Gasteiger charge is 2.25. The molecule has 1 N–H and O–H groups in total. The van der Waals surface area contributed by atoms with Crippen LogP contribution >= 0.6 is 11.8 Å². The first-order valence-corrected chi connectivity index (χ1v) is 10.2. The van der Waals surface area contributed by atoms with Gasteiger partial charge in [0, 0.05) is 30.7 Å². The number of thioether (sulfide) groups is 1. The summed E-state index contributed by atoms with van der Waals surface area (Å²) in [5.41, 5.74) is 3.40. The largest absolute Gasteiger partial charge is 0.357 e. The van der Waals surface area contributed by atoms with Crippen molar-refractivity contribution in [1.82, 2.24) is 10.2 Å². The summed E-state index contributed by atoms with van der Waals surface area (Å²) in [5, 5.41) is 2.65. The number of rotatable bonds is 8. The lowest BCUT2D eigenvalue weighted by Gasteiger charge is -2.28. The molecule has 27 heavy (non-hydrogen) atoms. The Morgan fingerprint density at radius 2 is 1.78 bits per heavy atom. The molecule has 2 aromatic carbocycles. The fourth-order valence-electron chi connectivity index (χ4n) is 2.83. The lowest BCUT2D eigenvalue weighted by Crippen LogP contribution is -2.46. The van der Waals surface area contributed by atoms with E-state index in [1.54, 1.807) is 30.6 Å². The van der Waals surface area contributed by atoms with E-state index in [1.807, 2.05) is 25.1 Å². The first kappa shape index (κ1) is 21.0. The number of nitrogens with zero attached hydrogens (tertiary/aromatic N) is 1. The molecule has 2 aromatic rings. The van der Waals surface area contributed by atoms with E-state index in [2.05, 4.69) is 42.6 Å². The number of hydrogen-bond acceptors (Lipinski definition) is 3. The maximum atomic E-state index is 12.9. The van der Waals surface area contributed by atoms with Crippen molar-refractivity contribution in [2.75, 3.05) is 12.8 Å². The Hall–Kier alpha value is -2.27. The van der Waals surface area contributed by atoms with Gasteiger partial charge < -0.3 is 10.2 Å². The van der Waals surface area contributed by atoms with Gasteiger partial charge in [0.05, 0.1) is 0 Å². The number of benzene rings is 2. The summed E-state index contributed by atoms with van der Waals surface area (Å²) < 4.78 is 0. The standard InChI is InChI=1S/C22H28N2O2S/c1-16-8-10-20(11-9-16)27-13-12-21(25)24(18(3)22(26)23-4)15-19-7-5-6-17(2)14-19/h5-11,14,18H,12-13,15H2,1-4H3,(H,23,26)/t18-/m0/s1. The molecule has 144 valence electrons. The predicted octanol–water partition coefficient (Wildman–Crippen LogP) is 3.95. The van der Waals surface area contributed by atoms with E-state index in [1.165, 1.54) is 5.56 Å². The number of hydrogen-bond donors (Lipinski definition) is 1. The summed E-state index contributed by atoms with van der Waals surface area (Å²) in [7, 11) is 1.60. The molecule has 0 heterocycles. The average Bonchev–Trinajstić information content (AvgIpc) is 2.66. The van der Waals surface area contributed by atoms with E-state index in [9.17, 15) is 9.59 Å². The number of likely N-dealkylation sites (N-methyl/N-ethyl adjacent to an activating group) is 1. The second kappa shape index (κ2) is 10.2. The lowest BCUT2D eigenvalue weighted by molar-refractivity contribution is -0.140. The van der Waals surface area contributed by atoms with Crippen LogP contribution in [0.15, 0.2) is 53.4 Å². The summed E-state index contributed by atoms with van der Waals surface area (Å²) in [6.07, 6.45) is 0.395. The van der Waals surface area contributed by atoms with Crippen molar-refractivity contribution in [1.29, 1.82) is 0 Å². The fourth-order valence-corrected chi connectivity index (χ4v) is 3.67. The zero-order chi connectivity index (χ0) is 19.8. The van der Waals surface area contributed by atoms with E-state index in [0.29, 0.717) is 18.7 Å². The third kappa shape index (κ3) is 6.43. The van der Waals surface area contributed by atoms with Crippen LogP contribution in [-0.4, -0.2) is 35.6 Å². The van der Waals surface area contributed by atoms with E-state index in [4.69, 9.17) is 0 Å². The Labute approximate surface area is 166 Å². The zero-order valence-electron chi connectivity index (χ0n) is 16.5. The number of nitrogens with one attached hydrogen (secondary N) is 1. The van der Waals surface area contributed by atoms with Gasteiger partial charge in [0.1, 0.15) is 6.04 Å². The highest BCUT2D eigenvalue weighted by atomic mass is 32.2. The molecule has 2 rings (SSSR count). The van der Waals surface area contributed by atoms with Crippen molar-refractivity contribution in [2.45, 2.75) is 44.7 Å². The molecule has 5 heteroatoms. The molecule has 0 spiro atoms. The first-order chi connectivity index (χ1) is 12.9. The minimum absolute atomic E-state index is 0.00721. The quantitative estimate of drug-likeness (QED) is 0.701. The molecule has 0 unspecified atom stereocenters.